The number of carbonyl (C=O) groups is 2. The minimum absolute atomic E-state index is 0.0418. The number of nitrogens with one attached hydrogen (secondary N) is 1. The van der Waals surface area contributed by atoms with Crippen molar-refractivity contribution in [3.8, 4) is 5.75 Å². The Bertz CT molecular complexity index is 1180. The molecule has 1 fully saturated rings. The zero-order valence-corrected chi connectivity index (χ0v) is 17.0. The lowest BCUT2D eigenvalue weighted by Gasteiger charge is -2.26. The van der Waals surface area contributed by atoms with Crippen LogP contribution in [0.5, 0.6) is 5.75 Å². The highest BCUT2D eigenvalue weighted by Gasteiger charge is 2.33. The van der Waals surface area contributed by atoms with Crippen molar-refractivity contribution in [2.45, 2.75) is 32.0 Å². The van der Waals surface area contributed by atoms with Crippen LogP contribution in [0.2, 0.25) is 0 Å². The first kappa shape index (κ1) is 21.5. The van der Waals surface area contributed by atoms with Crippen LogP contribution < -0.4 is 15.8 Å². The molecule has 1 aromatic heterocycles. The second kappa shape index (κ2) is 8.42. The SMILES string of the molecule is C=C1OCCn2c1nc(C(=O)NCc1ccc(F)cc1N1C(=O)CC[C@@H]1CO)c(O)c2=O. The Labute approximate surface area is 181 Å². The van der Waals surface area contributed by atoms with Crippen molar-refractivity contribution in [3.63, 3.8) is 0 Å². The van der Waals surface area contributed by atoms with Gasteiger partial charge in [-0.25, -0.2) is 9.37 Å². The van der Waals surface area contributed by atoms with E-state index in [1.807, 2.05) is 0 Å². The Morgan fingerprint density at radius 3 is 2.91 bits per heavy atom. The fraction of sp³-hybridized carbons (Fsp3) is 0.333. The number of aliphatic hydroxyl groups excluding tert-OH is 1. The van der Waals surface area contributed by atoms with E-state index in [4.69, 9.17) is 4.74 Å². The highest BCUT2D eigenvalue weighted by Crippen LogP contribution is 2.30. The smallest absolute Gasteiger partial charge is 0.297 e. The van der Waals surface area contributed by atoms with Crippen molar-refractivity contribution in [1.82, 2.24) is 14.9 Å². The Hall–Kier alpha value is -3.73. The molecule has 3 heterocycles. The first-order chi connectivity index (χ1) is 15.3. The van der Waals surface area contributed by atoms with Crippen LogP contribution in [0.15, 0.2) is 29.6 Å². The number of carbonyl (C=O) groups excluding carboxylic acids is 2. The molecule has 4 rings (SSSR count). The summed E-state index contributed by atoms with van der Waals surface area (Å²) in [7, 11) is 0. The van der Waals surface area contributed by atoms with Gasteiger partial charge in [0.2, 0.25) is 11.7 Å². The molecule has 168 valence electrons. The van der Waals surface area contributed by atoms with E-state index in [9.17, 15) is 29.0 Å². The van der Waals surface area contributed by atoms with Gasteiger partial charge in [0.15, 0.2) is 17.3 Å². The van der Waals surface area contributed by atoms with Gasteiger partial charge in [0.25, 0.3) is 11.5 Å². The van der Waals surface area contributed by atoms with Crippen LogP contribution in [0.1, 0.15) is 34.7 Å². The fourth-order valence-electron chi connectivity index (χ4n) is 3.87. The van der Waals surface area contributed by atoms with Crippen LogP contribution in [-0.4, -0.2) is 50.8 Å². The van der Waals surface area contributed by atoms with Gasteiger partial charge < -0.3 is 25.2 Å². The number of nitrogens with zero attached hydrogens (tertiary/aromatic N) is 3. The normalized spacial score (nSPS) is 17.8. The Kier molecular flexibility index (Phi) is 5.66. The molecule has 11 heteroatoms. The average molecular weight is 444 g/mol. The summed E-state index contributed by atoms with van der Waals surface area (Å²) < 4.78 is 20.4. The minimum atomic E-state index is -0.844. The number of aromatic nitrogens is 2. The van der Waals surface area contributed by atoms with E-state index in [1.165, 1.54) is 21.6 Å². The van der Waals surface area contributed by atoms with Crippen LogP contribution in [0, 0.1) is 5.82 Å². The molecular weight excluding hydrogens is 423 g/mol. The second-order valence-corrected chi connectivity index (χ2v) is 7.46. The van der Waals surface area contributed by atoms with Crippen LogP contribution >= 0.6 is 0 Å². The summed E-state index contributed by atoms with van der Waals surface area (Å²) >= 11 is 0. The van der Waals surface area contributed by atoms with Gasteiger partial charge in [-0.15, -0.1) is 0 Å². The average Bonchev–Trinajstić information content (AvgIpc) is 3.15. The largest absolute Gasteiger partial charge is 0.501 e. The minimum Gasteiger partial charge on any atom is -0.501 e. The van der Waals surface area contributed by atoms with Crippen molar-refractivity contribution in [1.29, 1.82) is 0 Å². The number of anilines is 1. The van der Waals surface area contributed by atoms with E-state index in [1.54, 1.807) is 0 Å². The summed E-state index contributed by atoms with van der Waals surface area (Å²) in [5.74, 6) is -2.35. The van der Waals surface area contributed by atoms with Gasteiger partial charge in [0, 0.05) is 13.0 Å². The molecule has 1 saturated heterocycles. The molecule has 2 aliphatic heterocycles. The van der Waals surface area contributed by atoms with Crippen molar-refractivity contribution < 1.29 is 28.9 Å². The van der Waals surface area contributed by atoms with Crippen LogP contribution in [0.25, 0.3) is 5.76 Å². The van der Waals surface area contributed by atoms with E-state index in [0.717, 1.165) is 6.07 Å². The number of benzene rings is 1. The molecule has 0 unspecified atom stereocenters. The molecule has 0 bridgehead atoms. The number of hydrogen-bond donors (Lipinski definition) is 3. The molecule has 0 saturated carbocycles. The van der Waals surface area contributed by atoms with Gasteiger partial charge in [0.05, 0.1) is 24.9 Å². The predicted octanol–water partition coefficient (Wildman–Crippen LogP) is 0.507. The van der Waals surface area contributed by atoms with E-state index >= 15 is 0 Å². The van der Waals surface area contributed by atoms with Crippen molar-refractivity contribution in [3.05, 3.63) is 58.0 Å². The third kappa shape index (κ3) is 3.71. The summed E-state index contributed by atoms with van der Waals surface area (Å²) in [5, 5.41) is 22.3. The van der Waals surface area contributed by atoms with Gasteiger partial charge in [0.1, 0.15) is 12.4 Å². The quantitative estimate of drug-likeness (QED) is 0.612. The van der Waals surface area contributed by atoms with Gasteiger partial charge in [-0.2, -0.15) is 0 Å². The zero-order valence-electron chi connectivity index (χ0n) is 17.0. The maximum Gasteiger partial charge on any atom is 0.297 e. The van der Waals surface area contributed by atoms with E-state index in [0.29, 0.717) is 12.0 Å². The Morgan fingerprint density at radius 1 is 1.38 bits per heavy atom. The molecule has 2 aromatic rings. The third-order valence-electron chi connectivity index (χ3n) is 5.48. The van der Waals surface area contributed by atoms with Crippen molar-refractivity contribution in [2.24, 2.45) is 0 Å². The maximum atomic E-state index is 13.9. The monoisotopic (exact) mass is 444 g/mol. The molecular formula is C21H21FN4O6. The summed E-state index contributed by atoms with van der Waals surface area (Å²) in [6.45, 7) is 3.58. The van der Waals surface area contributed by atoms with Gasteiger partial charge in [-0.05, 0) is 24.1 Å². The molecule has 0 spiro atoms. The van der Waals surface area contributed by atoms with Crippen LogP contribution in [0.4, 0.5) is 10.1 Å². The van der Waals surface area contributed by atoms with E-state index in [2.05, 4.69) is 16.9 Å². The summed E-state index contributed by atoms with van der Waals surface area (Å²) in [6.07, 6.45) is 0.650. The van der Waals surface area contributed by atoms with Gasteiger partial charge in [-0.1, -0.05) is 12.6 Å². The number of halogens is 1. The first-order valence-electron chi connectivity index (χ1n) is 9.97. The molecule has 1 atom stereocenters. The van der Waals surface area contributed by atoms with Crippen LogP contribution in [-0.2, 0) is 22.6 Å². The summed E-state index contributed by atoms with van der Waals surface area (Å²) in [4.78, 5) is 42.8. The topological polar surface area (TPSA) is 134 Å². The highest BCUT2D eigenvalue weighted by molar-refractivity contribution is 5.97. The summed E-state index contributed by atoms with van der Waals surface area (Å²) in [5.41, 5.74) is -0.644. The Balaban J connectivity index is 1.62. The molecule has 3 N–H and O–H groups in total. The lowest BCUT2D eigenvalue weighted by atomic mass is 10.1. The summed E-state index contributed by atoms with van der Waals surface area (Å²) in [6, 6.07) is 3.27. The number of ether oxygens (including phenoxy) is 1. The molecule has 0 aliphatic carbocycles. The van der Waals surface area contributed by atoms with Crippen LogP contribution in [0.3, 0.4) is 0 Å². The number of amides is 2. The number of fused-ring (bicyclic) bond motifs is 1. The van der Waals surface area contributed by atoms with Crippen molar-refractivity contribution >= 4 is 23.3 Å². The van der Waals surface area contributed by atoms with Gasteiger partial charge in [-0.3, -0.25) is 19.0 Å². The van der Waals surface area contributed by atoms with E-state index < -0.39 is 34.8 Å². The maximum absolute atomic E-state index is 13.9. The third-order valence-corrected chi connectivity index (χ3v) is 5.48. The number of rotatable bonds is 5. The predicted molar refractivity (Wildman–Crippen MR) is 110 cm³/mol. The molecule has 10 nitrogen and oxygen atoms in total. The standard InChI is InChI=1S/C21H21FN4O6/c1-11-19-24-17(18(29)21(31)25(19)6-7-32-11)20(30)23-9-12-2-3-13(22)8-15(12)26-14(10-27)4-5-16(26)28/h2-3,8,14,27,29H,1,4-7,9-10H2,(H,23,30)/t14-/m1/s1. The van der Waals surface area contributed by atoms with Gasteiger partial charge >= 0.3 is 0 Å². The van der Waals surface area contributed by atoms with E-state index in [-0.39, 0.29) is 55.9 Å². The number of hydrogen-bond acceptors (Lipinski definition) is 7. The molecule has 2 amide bonds. The lowest BCUT2D eigenvalue weighted by Crippen LogP contribution is -2.37. The number of aliphatic hydroxyl groups is 1. The second-order valence-electron chi connectivity index (χ2n) is 7.46. The zero-order chi connectivity index (χ0) is 23.0. The first-order valence-corrected chi connectivity index (χ1v) is 9.97. The molecule has 2 aliphatic rings. The lowest BCUT2D eigenvalue weighted by molar-refractivity contribution is -0.117. The fourth-order valence-corrected chi connectivity index (χ4v) is 3.87. The molecule has 32 heavy (non-hydrogen) atoms. The number of aromatic hydroxyl groups is 1. The van der Waals surface area contributed by atoms with Crippen molar-refractivity contribution in [2.75, 3.05) is 18.1 Å². The molecule has 1 aromatic carbocycles. The Morgan fingerprint density at radius 2 is 2.16 bits per heavy atom. The highest BCUT2D eigenvalue weighted by atomic mass is 19.1. The molecule has 0 radical (unpaired) electrons.